The maximum Gasteiger partial charge on any atom is 0.244 e. The van der Waals surface area contributed by atoms with E-state index in [9.17, 15) is 9.59 Å². The largest absolute Gasteiger partial charge is 0.299 e. The van der Waals surface area contributed by atoms with Crippen molar-refractivity contribution < 1.29 is 9.59 Å². The van der Waals surface area contributed by atoms with Crippen molar-refractivity contribution in [1.82, 2.24) is 10.6 Å². The Morgan fingerprint density at radius 2 is 2.24 bits per heavy atom. The minimum atomic E-state index is -0.420. The van der Waals surface area contributed by atoms with E-state index >= 15 is 0 Å². The first kappa shape index (κ1) is 12.3. The molecule has 1 heterocycles. The third kappa shape index (κ3) is 2.92. The average molecular weight is 297 g/mol. The molecule has 0 bridgehead atoms. The number of imide groups is 1. The molecular weight excluding hydrogens is 284 g/mol. The molecule has 90 valence electrons. The van der Waals surface area contributed by atoms with E-state index in [1.54, 1.807) is 0 Å². The zero-order chi connectivity index (χ0) is 12.4. The Hall–Kier alpha value is -1.20. The summed E-state index contributed by atoms with van der Waals surface area (Å²) < 4.78 is 0.996. The molecule has 2 unspecified atom stereocenters. The Morgan fingerprint density at radius 3 is 2.82 bits per heavy atom. The lowest BCUT2D eigenvalue weighted by molar-refractivity contribution is -0.125. The van der Waals surface area contributed by atoms with E-state index in [1.165, 1.54) is 0 Å². The number of hydrogen-bond donors (Lipinski definition) is 2. The number of hydrogen-bond acceptors (Lipinski definition) is 3. The van der Waals surface area contributed by atoms with E-state index in [1.807, 2.05) is 31.2 Å². The minimum Gasteiger partial charge on any atom is -0.299 e. The van der Waals surface area contributed by atoms with Crippen LogP contribution in [-0.2, 0) is 9.59 Å². The summed E-state index contributed by atoms with van der Waals surface area (Å²) >= 11 is 3.40. The van der Waals surface area contributed by atoms with E-state index < -0.39 is 6.04 Å². The van der Waals surface area contributed by atoms with Gasteiger partial charge in [-0.25, -0.2) is 0 Å². The van der Waals surface area contributed by atoms with Crippen LogP contribution < -0.4 is 10.6 Å². The van der Waals surface area contributed by atoms with Crippen molar-refractivity contribution in [3.05, 3.63) is 34.3 Å². The van der Waals surface area contributed by atoms with Crippen molar-refractivity contribution in [2.45, 2.75) is 25.4 Å². The Balaban J connectivity index is 2.04. The molecule has 1 aromatic carbocycles. The fourth-order valence-electron chi connectivity index (χ4n) is 1.86. The van der Waals surface area contributed by atoms with Crippen LogP contribution in [0.2, 0.25) is 0 Å². The van der Waals surface area contributed by atoms with E-state index in [2.05, 4.69) is 26.6 Å². The van der Waals surface area contributed by atoms with Crippen LogP contribution in [0.1, 0.15) is 24.9 Å². The van der Waals surface area contributed by atoms with Crippen LogP contribution >= 0.6 is 15.9 Å². The second-order valence-corrected chi connectivity index (χ2v) is 5.03. The molecule has 0 radical (unpaired) electrons. The van der Waals surface area contributed by atoms with Gasteiger partial charge in [0.25, 0.3) is 0 Å². The smallest absolute Gasteiger partial charge is 0.244 e. The van der Waals surface area contributed by atoms with Crippen LogP contribution in [0.25, 0.3) is 0 Å². The Morgan fingerprint density at radius 1 is 1.47 bits per heavy atom. The minimum absolute atomic E-state index is 0.0224. The van der Waals surface area contributed by atoms with Crippen LogP contribution in [0, 0.1) is 0 Å². The number of amides is 2. The molecule has 0 aliphatic carbocycles. The summed E-state index contributed by atoms with van der Waals surface area (Å²) in [5.41, 5.74) is 1.08. The van der Waals surface area contributed by atoms with E-state index in [4.69, 9.17) is 0 Å². The first-order valence-corrected chi connectivity index (χ1v) is 6.21. The number of carbonyl (C=O) groups is 2. The Kier molecular flexibility index (Phi) is 3.59. The number of benzene rings is 1. The van der Waals surface area contributed by atoms with Crippen LogP contribution in [0.15, 0.2) is 28.7 Å². The van der Waals surface area contributed by atoms with Gasteiger partial charge < -0.3 is 0 Å². The van der Waals surface area contributed by atoms with Crippen molar-refractivity contribution >= 4 is 27.7 Å². The highest BCUT2D eigenvalue weighted by atomic mass is 79.9. The lowest BCUT2D eigenvalue weighted by Crippen LogP contribution is -2.37. The Bertz CT molecular complexity index is 462. The first-order chi connectivity index (χ1) is 8.06. The number of nitrogens with one attached hydrogen (secondary N) is 2. The molecule has 2 atom stereocenters. The molecule has 1 aliphatic rings. The van der Waals surface area contributed by atoms with E-state index in [0.29, 0.717) is 0 Å². The van der Waals surface area contributed by atoms with Gasteiger partial charge in [0.1, 0.15) is 0 Å². The highest BCUT2D eigenvalue weighted by Crippen LogP contribution is 2.19. The predicted octanol–water partition coefficient (Wildman–Crippen LogP) is 1.51. The lowest BCUT2D eigenvalue weighted by atomic mass is 10.1. The zero-order valence-electron chi connectivity index (χ0n) is 9.37. The van der Waals surface area contributed by atoms with Gasteiger partial charge in [0.15, 0.2) is 0 Å². The summed E-state index contributed by atoms with van der Waals surface area (Å²) in [6.45, 7) is 1.97. The molecule has 0 spiro atoms. The molecule has 2 N–H and O–H groups in total. The predicted molar refractivity (Wildman–Crippen MR) is 67.2 cm³/mol. The quantitative estimate of drug-likeness (QED) is 0.832. The summed E-state index contributed by atoms with van der Waals surface area (Å²) in [5.74, 6) is -0.453. The van der Waals surface area contributed by atoms with Gasteiger partial charge in [-0.15, -0.1) is 0 Å². The van der Waals surface area contributed by atoms with Crippen LogP contribution in [-0.4, -0.2) is 17.9 Å². The van der Waals surface area contributed by atoms with Gasteiger partial charge >= 0.3 is 0 Å². The topological polar surface area (TPSA) is 58.2 Å². The van der Waals surface area contributed by atoms with Crippen molar-refractivity contribution in [3.63, 3.8) is 0 Å². The molecule has 0 saturated carbocycles. The molecule has 0 aromatic heterocycles. The first-order valence-electron chi connectivity index (χ1n) is 5.41. The second kappa shape index (κ2) is 4.98. The summed E-state index contributed by atoms with van der Waals surface area (Å²) in [4.78, 5) is 22.5. The normalized spacial score (nSPS) is 21.4. The average Bonchev–Trinajstić information content (AvgIpc) is 2.57. The summed E-state index contributed by atoms with van der Waals surface area (Å²) in [7, 11) is 0. The number of rotatable bonds is 3. The van der Waals surface area contributed by atoms with Gasteiger partial charge in [-0.2, -0.15) is 0 Å². The Labute approximate surface area is 108 Å². The summed E-state index contributed by atoms with van der Waals surface area (Å²) in [6, 6.07) is 7.47. The number of carbonyl (C=O) groups excluding carboxylic acids is 2. The molecule has 1 saturated heterocycles. The van der Waals surface area contributed by atoms with E-state index in [0.717, 1.165) is 10.0 Å². The van der Waals surface area contributed by atoms with Crippen LogP contribution in [0.3, 0.4) is 0 Å². The van der Waals surface area contributed by atoms with Crippen molar-refractivity contribution in [1.29, 1.82) is 0 Å². The van der Waals surface area contributed by atoms with Gasteiger partial charge in [-0.3, -0.25) is 20.2 Å². The zero-order valence-corrected chi connectivity index (χ0v) is 11.0. The lowest BCUT2D eigenvalue weighted by Gasteiger charge is -2.17. The van der Waals surface area contributed by atoms with Crippen molar-refractivity contribution in [3.8, 4) is 0 Å². The van der Waals surface area contributed by atoms with Crippen LogP contribution in [0.4, 0.5) is 0 Å². The highest BCUT2D eigenvalue weighted by Gasteiger charge is 2.31. The number of halogens is 1. The third-order valence-corrected chi connectivity index (χ3v) is 3.26. The maximum atomic E-state index is 11.4. The van der Waals surface area contributed by atoms with E-state index in [-0.39, 0.29) is 24.3 Å². The molecule has 4 nitrogen and oxygen atoms in total. The fourth-order valence-corrected chi connectivity index (χ4v) is 2.28. The molecule has 1 fully saturated rings. The third-order valence-electron chi connectivity index (χ3n) is 2.77. The van der Waals surface area contributed by atoms with Crippen molar-refractivity contribution in [2.24, 2.45) is 0 Å². The summed E-state index contributed by atoms with van der Waals surface area (Å²) in [6.07, 6.45) is 0.219. The highest BCUT2D eigenvalue weighted by molar-refractivity contribution is 9.10. The molecule has 5 heteroatoms. The second-order valence-electron chi connectivity index (χ2n) is 4.11. The molecular formula is C12H13BrN2O2. The molecule has 1 aromatic rings. The monoisotopic (exact) mass is 296 g/mol. The van der Waals surface area contributed by atoms with Gasteiger partial charge in [-0.1, -0.05) is 28.1 Å². The van der Waals surface area contributed by atoms with Crippen LogP contribution in [0.5, 0.6) is 0 Å². The van der Waals surface area contributed by atoms with Crippen molar-refractivity contribution in [2.75, 3.05) is 0 Å². The standard InChI is InChI=1S/C12H13BrN2O2/c1-7(8-3-2-4-9(13)5-8)14-10-6-11(16)15-12(10)17/h2-5,7,10,14H,6H2,1H3,(H,15,16,17). The molecule has 1 aliphatic heterocycles. The molecule has 2 rings (SSSR count). The van der Waals surface area contributed by atoms with Gasteiger partial charge in [0.2, 0.25) is 11.8 Å². The summed E-state index contributed by atoms with van der Waals surface area (Å²) in [5, 5.41) is 5.43. The maximum absolute atomic E-state index is 11.4. The van der Waals surface area contributed by atoms with Gasteiger partial charge in [0.05, 0.1) is 12.5 Å². The van der Waals surface area contributed by atoms with Gasteiger partial charge in [-0.05, 0) is 24.6 Å². The molecule has 17 heavy (non-hydrogen) atoms. The SMILES string of the molecule is CC(NC1CC(=O)NC1=O)c1cccc(Br)c1. The molecule has 2 amide bonds. The fraction of sp³-hybridized carbons (Fsp3) is 0.333. The van der Waals surface area contributed by atoms with Gasteiger partial charge in [0, 0.05) is 10.5 Å².